The molecule has 2 fully saturated rings. The van der Waals surface area contributed by atoms with E-state index < -0.39 is 0 Å². The number of piperazine rings is 1. The second-order valence-corrected chi connectivity index (χ2v) is 11.0. The maximum atomic E-state index is 12.3. The van der Waals surface area contributed by atoms with Crippen molar-refractivity contribution < 1.29 is 9.53 Å². The van der Waals surface area contributed by atoms with Gasteiger partial charge in [-0.05, 0) is 57.3 Å². The molecule has 0 N–H and O–H groups in total. The standard InChI is InChI=1S/C31H38N6O2/c1-4-29(38)37-18-17-36(19-22(37)2)30-26-14-16-35(28-13-7-10-23-9-5-6-12-25(23)28)20-27(26)32-31(33-30)39-21-24-11-8-15-34(24)3/h4-7,9-10,12-13,22,24H,1,8,11,14-21H2,2-3H3. The number of hydrogen-bond donors (Lipinski definition) is 0. The smallest absolute Gasteiger partial charge is 0.318 e. The lowest BCUT2D eigenvalue weighted by Gasteiger charge is -2.41. The molecule has 3 aliphatic heterocycles. The first kappa shape index (κ1) is 25.6. The largest absolute Gasteiger partial charge is 0.462 e. The molecule has 0 radical (unpaired) electrons. The number of likely N-dealkylation sites (N-methyl/N-ethyl adjacent to an activating group) is 1. The minimum Gasteiger partial charge on any atom is -0.462 e. The Morgan fingerprint density at radius 3 is 2.72 bits per heavy atom. The van der Waals surface area contributed by atoms with E-state index in [0.717, 1.165) is 50.5 Å². The normalized spacial score (nSPS) is 21.7. The van der Waals surface area contributed by atoms with Crippen LogP contribution >= 0.6 is 0 Å². The van der Waals surface area contributed by atoms with Crippen molar-refractivity contribution in [1.29, 1.82) is 0 Å². The highest BCUT2D eigenvalue weighted by Crippen LogP contribution is 2.34. The van der Waals surface area contributed by atoms with Crippen LogP contribution in [0, 0.1) is 0 Å². The molecule has 3 aliphatic rings. The second kappa shape index (κ2) is 10.8. The third-order valence-electron chi connectivity index (χ3n) is 8.59. The Morgan fingerprint density at radius 1 is 1.08 bits per heavy atom. The zero-order valence-electron chi connectivity index (χ0n) is 23.1. The molecule has 0 saturated carbocycles. The maximum Gasteiger partial charge on any atom is 0.318 e. The molecule has 4 heterocycles. The molecule has 0 aliphatic carbocycles. The SMILES string of the molecule is C=CC(=O)N1CCN(c2nc(OCC3CCCN3C)nc3c2CCN(c2cccc4ccccc24)C3)CC1C. The quantitative estimate of drug-likeness (QED) is 0.452. The minimum absolute atomic E-state index is 0.0118. The van der Waals surface area contributed by atoms with Crippen LogP contribution in [0.3, 0.4) is 0 Å². The molecular formula is C31H38N6O2. The molecule has 39 heavy (non-hydrogen) atoms. The fraction of sp³-hybridized carbons (Fsp3) is 0.452. The van der Waals surface area contributed by atoms with Gasteiger partial charge in [0.2, 0.25) is 5.91 Å². The number of likely N-dealkylation sites (tertiary alicyclic amines) is 1. The van der Waals surface area contributed by atoms with Crippen LogP contribution in [0.2, 0.25) is 0 Å². The number of benzene rings is 2. The van der Waals surface area contributed by atoms with Gasteiger partial charge in [-0.3, -0.25) is 4.79 Å². The van der Waals surface area contributed by atoms with Gasteiger partial charge in [0, 0.05) is 54.9 Å². The second-order valence-electron chi connectivity index (χ2n) is 11.0. The number of carbonyl (C=O) groups excluding carboxylic acids is 1. The topological polar surface area (TPSA) is 65.0 Å². The Morgan fingerprint density at radius 2 is 1.92 bits per heavy atom. The van der Waals surface area contributed by atoms with Crippen molar-refractivity contribution in [2.24, 2.45) is 0 Å². The summed E-state index contributed by atoms with van der Waals surface area (Å²) in [5.41, 5.74) is 3.47. The van der Waals surface area contributed by atoms with E-state index in [1.807, 2.05) is 4.90 Å². The van der Waals surface area contributed by atoms with E-state index in [1.54, 1.807) is 0 Å². The molecule has 1 amide bonds. The lowest BCUT2D eigenvalue weighted by molar-refractivity contribution is -0.128. The van der Waals surface area contributed by atoms with E-state index in [2.05, 4.69) is 77.7 Å². The summed E-state index contributed by atoms with van der Waals surface area (Å²) >= 11 is 0. The Kier molecular flexibility index (Phi) is 7.12. The molecule has 0 bridgehead atoms. The van der Waals surface area contributed by atoms with Gasteiger partial charge in [-0.1, -0.05) is 43.0 Å². The molecule has 204 valence electrons. The van der Waals surface area contributed by atoms with Gasteiger partial charge < -0.3 is 24.3 Å². The van der Waals surface area contributed by atoms with Gasteiger partial charge in [0.15, 0.2) is 0 Å². The monoisotopic (exact) mass is 526 g/mol. The van der Waals surface area contributed by atoms with Crippen LogP contribution in [0.5, 0.6) is 6.01 Å². The van der Waals surface area contributed by atoms with Crippen LogP contribution in [0.15, 0.2) is 55.1 Å². The molecule has 1 aromatic heterocycles. The van der Waals surface area contributed by atoms with Gasteiger partial charge in [0.05, 0.1) is 12.2 Å². The minimum atomic E-state index is -0.0118. The first-order chi connectivity index (χ1) is 19.0. The summed E-state index contributed by atoms with van der Waals surface area (Å²) in [6.07, 6.45) is 4.61. The molecule has 2 saturated heterocycles. The zero-order valence-corrected chi connectivity index (χ0v) is 23.1. The van der Waals surface area contributed by atoms with Crippen LogP contribution in [-0.2, 0) is 17.8 Å². The third-order valence-corrected chi connectivity index (χ3v) is 8.59. The Balaban J connectivity index is 1.31. The first-order valence-corrected chi connectivity index (χ1v) is 14.2. The summed E-state index contributed by atoms with van der Waals surface area (Å²) in [4.78, 5) is 31.3. The highest BCUT2D eigenvalue weighted by molar-refractivity contribution is 5.94. The van der Waals surface area contributed by atoms with E-state index >= 15 is 0 Å². The van der Waals surface area contributed by atoms with E-state index in [9.17, 15) is 4.79 Å². The van der Waals surface area contributed by atoms with Crippen LogP contribution < -0.4 is 14.5 Å². The number of nitrogens with zero attached hydrogens (tertiary/aromatic N) is 6. The molecule has 2 atom stereocenters. The average molecular weight is 527 g/mol. The molecule has 2 unspecified atom stereocenters. The molecule has 0 spiro atoms. The van der Waals surface area contributed by atoms with Gasteiger partial charge in [0.25, 0.3) is 0 Å². The first-order valence-electron chi connectivity index (χ1n) is 14.2. The summed E-state index contributed by atoms with van der Waals surface area (Å²) in [5.74, 6) is 0.951. The molecule has 2 aromatic carbocycles. The number of ether oxygens (including phenoxy) is 1. The van der Waals surface area contributed by atoms with E-state index in [4.69, 9.17) is 14.7 Å². The molecule has 8 nitrogen and oxygen atoms in total. The fourth-order valence-electron chi connectivity index (χ4n) is 6.36. The number of aromatic nitrogens is 2. The number of rotatable bonds is 6. The fourth-order valence-corrected chi connectivity index (χ4v) is 6.36. The predicted molar refractivity (Wildman–Crippen MR) is 155 cm³/mol. The average Bonchev–Trinajstić information content (AvgIpc) is 3.38. The number of hydrogen-bond acceptors (Lipinski definition) is 7. The van der Waals surface area contributed by atoms with Crippen molar-refractivity contribution in [1.82, 2.24) is 19.8 Å². The number of anilines is 2. The van der Waals surface area contributed by atoms with Crippen molar-refractivity contribution >= 4 is 28.2 Å². The van der Waals surface area contributed by atoms with E-state index in [1.165, 1.54) is 34.5 Å². The Bertz CT molecular complexity index is 1370. The van der Waals surface area contributed by atoms with Gasteiger partial charge >= 0.3 is 6.01 Å². The summed E-state index contributed by atoms with van der Waals surface area (Å²) < 4.78 is 6.29. The number of fused-ring (bicyclic) bond motifs is 2. The van der Waals surface area contributed by atoms with E-state index in [0.29, 0.717) is 31.7 Å². The molecule has 3 aromatic rings. The molecule has 8 heteroatoms. The number of amides is 1. The lowest BCUT2D eigenvalue weighted by atomic mass is 10.0. The van der Waals surface area contributed by atoms with Crippen LogP contribution in [0.1, 0.15) is 31.0 Å². The predicted octanol–water partition coefficient (Wildman–Crippen LogP) is 3.89. The lowest BCUT2D eigenvalue weighted by Crippen LogP contribution is -2.54. The summed E-state index contributed by atoms with van der Waals surface area (Å²) in [7, 11) is 2.16. The van der Waals surface area contributed by atoms with Crippen molar-refractivity contribution in [3.63, 3.8) is 0 Å². The highest BCUT2D eigenvalue weighted by atomic mass is 16.5. The van der Waals surface area contributed by atoms with Gasteiger partial charge in [-0.15, -0.1) is 0 Å². The van der Waals surface area contributed by atoms with Crippen molar-refractivity contribution in [3.05, 3.63) is 66.4 Å². The van der Waals surface area contributed by atoms with Crippen LogP contribution in [-0.4, -0.2) is 84.1 Å². The Hall–Kier alpha value is -3.65. The van der Waals surface area contributed by atoms with E-state index in [-0.39, 0.29) is 11.9 Å². The molecule has 6 rings (SSSR count). The van der Waals surface area contributed by atoms with Gasteiger partial charge in [-0.2, -0.15) is 9.97 Å². The van der Waals surface area contributed by atoms with Crippen molar-refractivity contribution in [2.45, 2.75) is 44.8 Å². The maximum absolute atomic E-state index is 12.3. The van der Waals surface area contributed by atoms with Crippen molar-refractivity contribution in [3.8, 4) is 6.01 Å². The number of carbonyl (C=O) groups is 1. The van der Waals surface area contributed by atoms with Gasteiger partial charge in [-0.25, -0.2) is 0 Å². The molecular weight excluding hydrogens is 488 g/mol. The summed E-state index contributed by atoms with van der Waals surface area (Å²) in [6, 6.07) is 16.0. The van der Waals surface area contributed by atoms with Crippen LogP contribution in [0.4, 0.5) is 11.5 Å². The highest BCUT2D eigenvalue weighted by Gasteiger charge is 2.32. The third kappa shape index (κ3) is 5.05. The van der Waals surface area contributed by atoms with Crippen molar-refractivity contribution in [2.75, 3.05) is 56.2 Å². The summed E-state index contributed by atoms with van der Waals surface area (Å²) in [6.45, 7) is 11.2. The summed E-state index contributed by atoms with van der Waals surface area (Å²) in [5, 5.41) is 2.50. The van der Waals surface area contributed by atoms with Gasteiger partial charge in [0.1, 0.15) is 12.4 Å². The van der Waals surface area contributed by atoms with Crippen LogP contribution in [0.25, 0.3) is 10.8 Å². The Labute approximate surface area is 230 Å². The zero-order chi connectivity index (χ0) is 26.9.